The second-order valence-electron chi connectivity index (χ2n) is 6.22. The van der Waals surface area contributed by atoms with E-state index in [9.17, 15) is 18.0 Å². The van der Waals surface area contributed by atoms with Crippen LogP contribution in [0.25, 0.3) is 0 Å². The zero-order valence-corrected chi connectivity index (χ0v) is 15.5. The van der Waals surface area contributed by atoms with Crippen LogP contribution in [0.2, 0.25) is 0 Å². The Morgan fingerprint density at radius 1 is 0.885 bits per heavy atom. The first-order valence-electron chi connectivity index (χ1n) is 7.98. The van der Waals surface area contributed by atoms with Crippen LogP contribution in [0.1, 0.15) is 17.5 Å². The van der Waals surface area contributed by atoms with E-state index in [1.54, 1.807) is 12.1 Å². The van der Waals surface area contributed by atoms with Crippen LogP contribution >= 0.6 is 0 Å². The van der Waals surface area contributed by atoms with E-state index < -0.39 is 21.8 Å². The van der Waals surface area contributed by atoms with Crippen molar-refractivity contribution in [1.29, 1.82) is 0 Å². The lowest BCUT2D eigenvalue weighted by molar-refractivity contribution is -0.123. The maximum Gasteiger partial charge on any atom is 0.264 e. The van der Waals surface area contributed by atoms with Gasteiger partial charge in [-0.25, -0.2) is 8.42 Å². The van der Waals surface area contributed by atoms with Crippen LogP contribution in [-0.2, 0) is 19.6 Å². The summed E-state index contributed by atoms with van der Waals surface area (Å²) < 4.78 is 27.1. The number of hydrogen-bond donors (Lipinski definition) is 2. The molecule has 2 amide bonds. The Morgan fingerprint density at radius 2 is 1.54 bits per heavy atom. The van der Waals surface area contributed by atoms with Crippen LogP contribution < -0.4 is 14.9 Å². The summed E-state index contributed by atoms with van der Waals surface area (Å²) in [6, 6.07) is 9.64. The predicted octanol–water partition coefficient (Wildman–Crippen LogP) is 2.41. The molecule has 0 aliphatic carbocycles. The van der Waals surface area contributed by atoms with E-state index in [1.807, 2.05) is 19.9 Å². The highest BCUT2D eigenvalue weighted by Crippen LogP contribution is 2.30. The van der Waals surface area contributed by atoms with Crippen molar-refractivity contribution in [3.63, 3.8) is 0 Å². The van der Waals surface area contributed by atoms with E-state index in [1.165, 1.54) is 29.6 Å². The molecule has 0 saturated carbocycles. The molecule has 2 aromatic carbocycles. The largest absolute Gasteiger partial charge is 0.324 e. The number of sulfonamides is 1. The third-order valence-electron chi connectivity index (χ3n) is 4.37. The van der Waals surface area contributed by atoms with Crippen molar-refractivity contribution in [3.8, 4) is 0 Å². The number of hydrogen-bond acceptors (Lipinski definition) is 4. The van der Waals surface area contributed by atoms with E-state index >= 15 is 0 Å². The molecule has 2 N–H and O–H groups in total. The van der Waals surface area contributed by atoms with Gasteiger partial charge in [0.05, 0.1) is 22.0 Å². The van der Waals surface area contributed by atoms with Gasteiger partial charge in [-0.1, -0.05) is 6.07 Å². The highest BCUT2D eigenvalue weighted by atomic mass is 32.2. The Labute approximate surface area is 152 Å². The number of carbonyl (C=O) groups excluding carboxylic acids is 2. The summed E-state index contributed by atoms with van der Waals surface area (Å²) in [6.07, 6.45) is -0.306. The Bertz CT molecular complexity index is 1020. The first kappa shape index (κ1) is 17.9. The molecule has 3 rings (SSSR count). The molecule has 8 heteroatoms. The Kier molecular flexibility index (Phi) is 4.45. The van der Waals surface area contributed by atoms with Gasteiger partial charge in [0.1, 0.15) is 6.42 Å². The monoisotopic (exact) mass is 373 g/mol. The minimum absolute atomic E-state index is 0.0217. The van der Waals surface area contributed by atoms with Gasteiger partial charge >= 0.3 is 0 Å². The SMILES string of the molecule is Cc1ccc(N(C)S(=O)(=O)c2ccc3c(c2)NC(=O)CC(=O)N3)cc1C. The average Bonchev–Trinajstić information content (AvgIpc) is 2.72. The van der Waals surface area contributed by atoms with Crippen molar-refractivity contribution in [2.45, 2.75) is 25.2 Å². The second-order valence-corrected chi connectivity index (χ2v) is 8.19. The Hall–Kier alpha value is -2.87. The molecule has 0 fully saturated rings. The molecule has 7 nitrogen and oxygen atoms in total. The van der Waals surface area contributed by atoms with Gasteiger partial charge in [0.25, 0.3) is 10.0 Å². The molecular formula is C18H19N3O4S. The molecule has 0 unspecified atom stereocenters. The summed E-state index contributed by atoms with van der Waals surface area (Å²) >= 11 is 0. The van der Waals surface area contributed by atoms with Gasteiger partial charge in [0, 0.05) is 7.05 Å². The van der Waals surface area contributed by atoms with Gasteiger partial charge in [-0.2, -0.15) is 0 Å². The van der Waals surface area contributed by atoms with E-state index in [0.717, 1.165) is 11.1 Å². The lowest BCUT2D eigenvalue weighted by Gasteiger charge is -2.21. The zero-order chi connectivity index (χ0) is 19.1. The van der Waals surface area contributed by atoms with Crippen LogP contribution in [0.4, 0.5) is 17.1 Å². The molecule has 0 bridgehead atoms. The van der Waals surface area contributed by atoms with Crippen molar-refractivity contribution in [3.05, 3.63) is 47.5 Å². The summed E-state index contributed by atoms with van der Waals surface area (Å²) in [4.78, 5) is 23.3. The number of anilines is 3. The first-order valence-corrected chi connectivity index (χ1v) is 9.42. The summed E-state index contributed by atoms with van der Waals surface area (Å²) in [5.41, 5.74) is 3.23. The normalized spacial score (nSPS) is 14.1. The van der Waals surface area contributed by atoms with Crippen LogP contribution in [0.3, 0.4) is 0 Å². The average molecular weight is 373 g/mol. The van der Waals surface area contributed by atoms with Gasteiger partial charge in [-0.3, -0.25) is 13.9 Å². The lowest BCUT2D eigenvalue weighted by atomic mass is 10.1. The van der Waals surface area contributed by atoms with Crippen molar-refractivity contribution in [2.75, 3.05) is 22.0 Å². The van der Waals surface area contributed by atoms with Gasteiger partial charge in [0.2, 0.25) is 11.8 Å². The van der Waals surface area contributed by atoms with Crippen LogP contribution in [0, 0.1) is 13.8 Å². The maximum absolute atomic E-state index is 13.0. The number of carbonyl (C=O) groups is 2. The Balaban J connectivity index is 2.00. The quantitative estimate of drug-likeness (QED) is 0.808. The standard InChI is InChI=1S/C18H19N3O4S/c1-11-4-5-13(8-12(11)2)21(3)26(24,25)14-6-7-15-16(9-14)20-18(23)10-17(22)19-15/h4-9H,10H2,1-3H3,(H,19,22)(H,20,23). The fourth-order valence-corrected chi connectivity index (χ4v) is 3.86. The molecule has 1 heterocycles. The Morgan fingerprint density at radius 3 is 2.19 bits per heavy atom. The number of rotatable bonds is 3. The number of nitrogens with zero attached hydrogens (tertiary/aromatic N) is 1. The fraction of sp³-hybridized carbons (Fsp3) is 0.222. The number of nitrogens with one attached hydrogen (secondary N) is 2. The summed E-state index contributed by atoms with van der Waals surface area (Å²) in [7, 11) is -2.35. The van der Waals surface area contributed by atoms with Gasteiger partial charge in [-0.15, -0.1) is 0 Å². The molecule has 1 aliphatic heterocycles. The van der Waals surface area contributed by atoms with Crippen molar-refractivity contribution < 1.29 is 18.0 Å². The summed E-state index contributed by atoms with van der Waals surface area (Å²) in [5.74, 6) is -0.928. The third-order valence-corrected chi connectivity index (χ3v) is 6.15. The fourth-order valence-electron chi connectivity index (χ4n) is 2.65. The minimum Gasteiger partial charge on any atom is -0.324 e. The lowest BCUT2D eigenvalue weighted by Crippen LogP contribution is -2.26. The smallest absolute Gasteiger partial charge is 0.264 e. The molecule has 0 saturated heterocycles. The topological polar surface area (TPSA) is 95.6 Å². The number of aryl methyl sites for hydroxylation is 2. The molecule has 26 heavy (non-hydrogen) atoms. The maximum atomic E-state index is 13.0. The van der Waals surface area contributed by atoms with Crippen LogP contribution in [0.5, 0.6) is 0 Å². The molecule has 0 aromatic heterocycles. The van der Waals surface area contributed by atoms with Gasteiger partial charge in [0.15, 0.2) is 0 Å². The number of amides is 2. The van der Waals surface area contributed by atoms with Gasteiger partial charge in [-0.05, 0) is 55.3 Å². The second kappa shape index (κ2) is 6.45. The predicted molar refractivity (Wildman–Crippen MR) is 99.8 cm³/mol. The molecule has 2 aromatic rings. The van der Waals surface area contributed by atoms with E-state index in [0.29, 0.717) is 11.4 Å². The summed E-state index contributed by atoms with van der Waals surface area (Å²) in [6.45, 7) is 3.87. The number of fused-ring (bicyclic) bond motifs is 1. The summed E-state index contributed by atoms with van der Waals surface area (Å²) in [5, 5.41) is 5.13. The third kappa shape index (κ3) is 3.28. The van der Waals surface area contributed by atoms with Crippen LogP contribution in [-0.4, -0.2) is 27.3 Å². The van der Waals surface area contributed by atoms with Crippen molar-refractivity contribution in [1.82, 2.24) is 0 Å². The van der Waals surface area contributed by atoms with Crippen molar-refractivity contribution in [2.24, 2.45) is 0 Å². The van der Waals surface area contributed by atoms with E-state index in [4.69, 9.17) is 0 Å². The first-order chi connectivity index (χ1) is 12.2. The molecule has 0 radical (unpaired) electrons. The molecule has 0 spiro atoms. The molecular weight excluding hydrogens is 354 g/mol. The molecule has 1 aliphatic rings. The highest BCUT2D eigenvalue weighted by Gasteiger charge is 2.25. The number of benzene rings is 2. The molecule has 0 atom stereocenters. The van der Waals surface area contributed by atoms with E-state index in [2.05, 4.69) is 10.6 Å². The van der Waals surface area contributed by atoms with Crippen molar-refractivity contribution >= 4 is 38.9 Å². The highest BCUT2D eigenvalue weighted by molar-refractivity contribution is 7.92. The van der Waals surface area contributed by atoms with E-state index in [-0.39, 0.29) is 17.0 Å². The molecule has 136 valence electrons. The zero-order valence-electron chi connectivity index (χ0n) is 14.7. The van der Waals surface area contributed by atoms with Gasteiger partial charge < -0.3 is 10.6 Å². The van der Waals surface area contributed by atoms with Crippen LogP contribution in [0.15, 0.2) is 41.3 Å². The minimum atomic E-state index is -3.83.